The zero-order valence-corrected chi connectivity index (χ0v) is 16.5. The second-order valence-corrected chi connectivity index (χ2v) is 6.56. The molecule has 7 nitrogen and oxygen atoms in total. The minimum absolute atomic E-state index is 0.115. The molecular formula is C19H30N4O3. The van der Waals surface area contributed by atoms with Gasteiger partial charge >= 0.3 is 0 Å². The summed E-state index contributed by atoms with van der Waals surface area (Å²) in [7, 11) is 7.22. The molecule has 1 aromatic heterocycles. The lowest BCUT2D eigenvalue weighted by atomic mass is 10.1. The van der Waals surface area contributed by atoms with E-state index < -0.39 is 0 Å². The van der Waals surface area contributed by atoms with Gasteiger partial charge in [0.1, 0.15) is 5.76 Å². The summed E-state index contributed by atoms with van der Waals surface area (Å²) in [6, 6.07) is 0. The number of carbonyl (C=O) groups is 1. The standard InChI is InChI=1S/C19H30N4O3/c1-7-17(26-6)14(13(2)25-5)8-10-20-19(24)18-21-15-12-22(3)11-9-16(15)23(18)4/h7,13H,1,8-12H2,2-6H3,(H,20,24)/b17-14-/t13-/m1/s1. The van der Waals surface area contributed by atoms with Crippen molar-refractivity contribution in [2.75, 3.05) is 34.4 Å². The van der Waals surface area contributed by atoms with E-state index in [1.165, 1.54) is 0 Å². The van der Waals surface area contributed by atoms with Crippen molar-refractivity contribution in [1.82, 2.24) is 19.8 Å². The van der Waals surface area contributed by atoms with Crippen LogP contribution in [0.15, 0.2) is 24.0 Å². The lowest BCUT2D eigenvalue weighted by Gasteiger charge is -2.21. The third-order valence-electron chi connectivity index (χ3n) is 4.90. The van der Waals surface area contributed by atoms with Crippen molar-refractivity contribution in [3.05, 3.63) is 41.2 Å². The van der Waals surface area contributed by atoms with Crippen molar-refractivity contribution < 1.29 is 14.3 Å². The average Bonchev–Trinajstić information content (AvgIpc) is 2.96. The van der Waals surface area contributed by atoms with Crippen molar-refractivity contribution >= 4 is 5.91 Å². The van der Waals surface area contributed by atoms with E-state index in [-0.39, 0.29) is 12.0 Å². The topological polar surface area (TPSA) is 68.6 Å². The second kappa shape index (κ2) is 9.00. The van der Waals surface area contributed by atoms with Gasteiger partial charge in [-0.05, 0) is 26.5 Å². The van der Waals surface area contributed by atoms with E-state index in [1.807, 2.05) is 18.5 Å². The molecule has 144 valence electrons. The lowest BCUT2D eigenvalue weighted by Crippen LogP contribution is -2.29. The van der Waals surface area contributed by atoms with Crippen LogP contribution in [0, 0.1) is 0 Å². The number of amides is 1. The van der Waals surface area contributed by atoms with Gasteiger partial charge in [0, 0.05) is 51.5 Å². The molecule has 0 saturated heterocycles. The summed E-state index contributed by atoms with van der Waals surface area (Å²) < 4.78 is 12.7. The second-order valence-electron chi connectivity index (χ2n) is 6.56. The van der Waals surface area contributed by atoms with Gasteiger partial charge in [-0.1, -0.05) is 6.58 Å². The van der Waals surface area contributed by atoms with Crippen LogP contribution < -0.4 is 5.32 Å². The first-order valence-corrected chi connectivity index (χ1v) is 8.86. The van der Waals surface area contributed by atoms with Crippen LogP contribution in [0.5, 0.6) is 0 Å². The highest BCUT2D eigenvalue weighted by Gasteiger charge is 2.24. The van der Waals surface area contributed by atoms with E-state index in [9.17, 15) is 4.79 Å². The van der Waals surface area contributed by atoms with Crippen LogP contribution in [0.3, 0.4) is 0 Å². The summed E-state index contributed by atoms with van der Waals surface area (Å²) in [4.78, 5) is 19.3. The van der Waals surface area contributed by atoms with E-state index in [0.29, 0.717) is 24.5 Å². The normalized spacial score (nSPS) is 16.5. The number of ether oxygens (including phenoxy) is 2. The van der Waals surface area contributed by atoms with Gasteiger partial charge in [-0.2, -0.15) is 0 Å². The fourth-order valence-electron chi connectivity index (χ4n) is 3.27. The van der Waals surface area contributed by atoms with Gasteiger partial charge in [-0.15, -0.1) is 0 Å². The number of imidazole rings is 1. The summed E-state index contributed by atoms with van der Waals surface area (Å²) in [6.45, 7) is 7.96. The molecule has 0 aromatic carbocycles. The Labute approximate surface area is 155 Å². The molecule has 7 heteroatoms. The minimum Gasteiger partial charge on any atom is -0.497 e. The van der Waals surface area contributed by atoms with E-state index >= 15 is 0 Å². The number of carbonyl (C=O) groups excluding carboxylic acids is 1. The van der Waals surface area contributed by atoms with Crippen molar-refractivity contribution in [2.24, 2.45) is 7.05 Å². The van der Waals surface area contributed by atoms with Gasteiger partial charge in [-0.25, -0.2) is 4.98 Å². The summed E-state index contributed by atoms with van der Waals surface area (Å²) >= 11 is 0. The summed E-state index contributed by atoms with van der Waals surface area (Å²) in [5.74, 6) is 0.988. The van der Waals surface area contributed by atoms with Crippen molar-refractivity contribution in [3.8, 4) is 0 Å². The van der Waals surface area contributed by atoms with Crippen LogP contribution in [0.2, 0.25) is 0 Å². The van der Waals surface area contributed by atoms with E-state index in [1.54, 1.807) is 20.3 Å². The summed E-state index contributed by atoms with van der Waals surface area (Å²) in [5, 5.41) is 2.96. The van der Waals surface area contributed by atoms with Gasteiger partial charge in [0.25, 0.3) is 5.91 Å². The van der Waals surface area contributed by atoms with Crippen LogP contribution in [-0.2, 0) is 29.5 Å². The van der Waals surface area contributed by atoms with Crippen LogP contribution in [0.1, 0.15) is 35.4 Å². The Bertz CT molecular complexity index is 693. The van der Waals surface area contributed by atoms with Crippen LogP contribution >= 0.6 is 0 Å². The highest BCUT2D eigenvalue weighted by atomic mass is 16.5. The number of fused-ring (bicyclic) bond motifs is 1. The molecule has 1 N–H and O–H groups in total. The molecule has 0 radical (unpaired) electrons. The summed E-state index contributed by atoms with van der Waals surface area (Å²) in [6.07, 6.45) is 3.08. The molecule has 2 rings (SSSR count). The molecule has 1 aliphatic heterocycles. The maximum Gasteiger partial charge on any atom is 0.287 e. The molecule has 1 aromatic rings. The largest absolute Gasteiger partial charge is 0.497 e. The van der Waals surface area contributed by atoms with Crippen molar-refractivity contribution in [2.45, 2.75) is 32.4 Å². The maximum absolute atomic E-state index is 12.6. The number of rotatable bonds is 8. The van der Waals surface area contributed by atoms with Gasteiger partial charge in [0.15, 0.2) is 5.82 Å². The molecule has 1 aliphatic rings. The number of nitrogens with one attached hydrogen (secondary N) is 1. The third kappa shape index (κ3) is 4.34. The highest BCUT2D eigenvalue weighted by Crippen LogP contribution is 2.19. The van der Waals surface area contributed by atoms with Crippen LogP contribution in [0.4, 0.5) is 0 Å². The third-order valence-corrected chi connectivity index (χ3v) is 4.90. The first-order valence-electron chi connectivity index (χ1n) is 8.86. The van der Waals surface area contributed by atoms with E-state index in [0.717, 1.165) is 36.5 Å². The molecule has 0 unspecified atom stereocenters. The van der Waals surface area contributed by atoms with Crippen molar-refractivity contribution in [3.63, 3.8) is 0 Å². The summed E-state index contributed by atoms with van der Waals surface area (Å²) in [5.41, 5.74) is 3.11. The zero-order chi connectivity index (χ0) is 19.3. The molecule has 2 heterocycles. The predicted octanol–water partition coefficient (Wildman–Crippen LogP) is 1.65. The quantitative estimate of drug-likeness (QED) is 0.563. The Morgan fingerprint density at radius 1 is 1.42 bits per heavy atom. The Balaban J connectivity index is 2.05. The minimum atomic E-state index is -0.161. The van der Waals surface area contributed by atoms with Crippen LogP contribution in [-0.4, -0.2) is 60.8 Å². The maximum atomic E-state index is 12.6. The van der Waals surface area contributed by atoms with Gasteiger partial charge < -0.3 is 24.3 Å². The molecule has 0 bridgehead atoms. The molecule has 0 fully saturated rings. The molecule has 0 aliphatic carbocycles. The average molecular weight is 362 g/mol. The van der Waals surface area contributed by atoms with Crippen LogP contribution in [0.25, 0.3) is 0 Å². The smallest absolute Gasteiger partial charge is 0.287 e. The zero-order valence-electron chi connectivity index (χ0n) is 16.5. The fraction of sp³-hybridized carbons (Fsp3) is 0.579. The number of likely N-dealkylation sites (N-methyl/N-ethyl adjacent to an activating group) is 1. The van der Waals surface area contributed by atoms with E-state index in [4.69, 9.17) is 9.47 Å². The first-order chi connectivity index (χ1) is 12.4. The first kappa shape index (κ1) is 20.2. The van der Waals surface area contributed by atoms with Gasteiger partial charge in [-0.3, -0.25) is 4.79 Å². The molecule has 0 spiro atoms. The Morgan fingerprint density at radius 2 is 2.15 bits per heavy atom. The molecule has 1 amide bonds. The Hall–Kier alpha value is -2.12. The number of nitrogens with zero attached hydrogens (tertiary/aromatic N) is 3. The molecule has 26 heavy (non-hydrogen) atoms. The van der Waals surface area contributed by atoms with E-state index in [2.05, 4.69) is 28.8 Å². The number of hydrogen-bond donors (Lipinski definition) is 1. The van der Waals surface area contributed by atoms with Gasteiger partial charge in [0.05, 0.1) is 18.9 Å². The number of methoxy groups -OCH3 is 2. The molecule has 1 atom stereocenters. The Morgan fingerprint density at radius 3 is 2.77 bits per heavy atom. The monoisotopic (exact) mass is 362 g/mol. The predicted molar refractivity (Wildman–Crippen MR) is 101 cm³/mol. The molecule has 0 saturated carbocycles. The number of hydrogen-bond acceptors (Lipinski definition) is 5. The SMILES string of the molecule is C=C/C(OC)=C(\CCNC(=O)c1nc2c(n1C)CCN(C)C2)[C@@H](C)OC. The van der Waals surface area contributed by atoms with Crippen molar-refractivity contribution in [1.29, 1.82) is 0 Å². The number of allylic oxidation sites excluding steroid dienone is 1. The van der Waals surface area contributed by atoms with Gasteiger partial charge in [0.2, 0.25) is 0 Å². The number of aromatic nitrogens is 2. The highest BCUT2D eigenvalue weighted by molar-refractivity contribution is 5.91. The Kier molecular flexibility index (Phi) is 6.99. The molecular weight excluding hydrogens is 332 g/mol. The lowest BCUT2D eigenvalue weighted by molar-refractivity contribution is 0.0937. The fourth-order valence-corrected chi connectivity index (χ4v) is 3.27.